The molecular formula is C5H4F4N2O2S. The normalized spacial score (nSPS) is 15.5. The Morgan fingerprint density at radius 2 is 1.93 bits per heavy atom. The smallest absolute Gasteiger partial charge is 0.301 e. The van der Waals surface area contributed by atoms with Crippen molar-refractivity contribution in [3.8, 4) is 0 Å². The maximum absolute atomic E-state index is 12.8. The van der Waals surface area contributed by atoms with Crippen LogP contribution in [0.25, 0.3) is 0 Å². The number of alkyl halides is 4. The average molecular weight is 232 g/mol. The molecule has 1 N–H and O–H groups in total. The number of halogens is 4. The lowest BCUT2D eigenvalue weighted by Gasteiger charge is -2.23. The Hall–Kier alpha value is -0.960. The first kappa shape index (κ1) is 11.1. The van der Waals surface area contributed by atoms with E-state index < -0.39 is 22.4 Å². The van der Waals surface area contributed by atoms with Gasteiger partial charge in [0.15, 0.2) is 0 Å². The van der Waals surface area contributed by atoms with Gasteiger partial charge in [0.25, 0.3) is 0 Å². The third-order valence-electron chi connectivity index (χ3n) is 1.40. The van der Waals surface area contributed by atoms with Crippen LogP contribution in [0, 0.1) is 0 Å². The van der Waals surface area contributed by atoms with Gasteiger partial charge in [-0.15, -0.1) is 0 Å². The van der Waals surface area contributed by atoms with E-state index in [0.29, 0.717) is 12.5 Å². The fraction of sp³-hybridized carbons (Fsp3) is 0.400. The van der Waals surface area contributed by atoms with Crippen molar-refractivity contribution in [2.75, 3.05) is 0 Å². The number of imidazole rings is 1. The van der Waals surface area contributed by atoms with Crippen molar-refractivity contribution < 1.29 is 26.3 Å². The summed E-state index contributed by atoms with van der Waals surface area (Å²) in [4.78, 5) is 3.13. The van der Waals surface area contributed by atoms with Crippen LogP contribution in [-0.2, 0) is 17.1 Å². The predicted molar refractivity (Wildman–Crippen MR) is 38.1 cm³/mol. The maximum Gasteiger partial charge on any atom is 0.426 e. The van der Waals surface area contributed by atoms with Gasteiger partial charge in [-0.1, -0.05) is 0 Å². The minimum atomic E-state index is -5.06. The number of aromatic nitrogens is 2. The summed E-state index contributed by atoms with van der Waals surface area (Å²) >= 11 is -3.96. The molecule has 1 rings (SSSR count). The molecule has 0 aromatic carbocycles. The van der Waals surface area contributed by atoms with Gasteiger partial charge in [-0.3, -0.25) is 4.57 Å². The molecule has 0 radical (unpaired) electrons. The zero-order chi connectivity index (χ0) is 11.0. The Morgan fingerprint density at radius 3 is 2.29 bits per heavy atom. The first-order valence-electron chi connectivity index (χ1n) is 3.15. The van der Waals surface area contributed by atoms with E-state index in [1.807, 2.05) is 0 Å². The van der Waals surface area contributed by atoms with Crippen LogP contribution in [0.5, 0.6) is 0 Å². The Balaban J connectivity index is 3.13. The summed E-state index contributed by atoms with van der Waals surface area (Å²) in [5.74, 6) is 0. The van der Waals surface area contributed by atoms with E-state index in [-0.39, 0.29) is 4.57 Å². The number of hydrogen-bond acceptors (Lipinski definition) is 2. The Kier molecular flexibility index (Phi) is 2.63. The van der Waals surface area contributed by atoms with Crippen molar-refractivity contribution >= 4 is 11.1 Å². The largest absolute Gasteiger partial charge is 0.426 e. The van der Waals surface area contributed by atoms with E-state index >= 15 is 0 Å². The molecule has 0 spiro atoms. The molecule has 0 saturated heterocycles. The Labute approximate surface area is 77.8 Å². The lowest BCUT2D eigenvalue weighted by atomic mass is 10.5. The second-order valence-electron chi connectivity index (χ2n) is 2.28. The molecule has 0 aliphatic rings. The standard InChI is InChI=1S/C5H4F4N2O2S/c6-4(7,5(8,9)14(12)13)11-2-1-10-3-11/h1-3H,(H,12,13). The lowest BCUT2D eigenvalue weighted by Crippen LogP contribution is -2.45. The first-order chi connectivity index (χ1) is 6.30. The van der Waals surface area contributed by atoms with Crippen molar-refractivity contribution in [2.45, 2.75) is 11.3 Å². The monoisotopic (exact) mass is 232 g/mol. The molecule has 0 bridgehead atoms. The molecule has 80 valence electrons. The summed E-state index contributed by atoms with van der Waals surface area (Å²) in [5, 5.41) is -5.06. The summed E-state index contributed by atoms with van der Waals surface area (Å²) in [6.45, 7) is 0. The van der Waals surface area contributed by atoms with Crippen LogP contribution in [0.4, 0.5) is 17.6 Å². The SMILES string of the molecule is O=S(O)C(F)(F)C(F)(F)n1ccnc1. The molecule has 0 aliphatic heterocycles. The van der Waals surface area contributed by atoms with Crippen LogP contribution in [0.2, 0.25) is 0 Å². The van der Waals surface area contributed by atoms with Crippen LogP contribution in [0.15, 0.2) is 18.7 Å². The van der Waals surface area contributed by atoms with Gasteiger partial charge in [0.1, 0.15) is 0 Å². The number of nitrogens with zero attached hydrogens (tertiary/aromatic N) is 2. The number of hydrogen-bond donors (Lipinski definition) is 1. The highest BCUT2D eigenvalue weighted by Crippen LogP contribution is 2.40. The van der Waals surface area contributed by atoms with Crippen molar-refractivity contribution in [2.24, 2.45) is 0 Å². The van der Waals surface area contributed by atoms with Gasteiger partial charge in [0.05, 0.1) is 6.33 Å². The molecule has 1 heterocycles. The van der Waals surface area contributed by atoms with Crippen LogP contribution >= 0.6 is 0 Å². The minimum absolute atomic E-state index is 0.235. The highest BCUT2D eigenvalue weighted by molar-refractivity contribution is 7.80. The van der Waals surface area contributed by atoms with Crippen LogP contribution in [-0.4, -0.2) is 23.6 Å². The van der Waals surface area contributed by atoms with E-state index in [1.165, 1.54) is 0 Å². The van der Waals surface area contributed by atoms with Gasteiger partial charge in [-0.2, -0.15) is 17.6 Å². The van der Waals surface area contributed by atoms with Gasteiger partial charge in [-0.05, 0) is 0 Å². The van der Waals surface area contributed by atoms with Gasteiger partial charge >= 0.3 is 11.3 Å². The van der Waals surface area contributed by atoms with E-state index in [1.54, 1.807) is 0 Å². The molecule has 0 amide bonds. The van der Waals surface area contributed by atoms with Crippen molar-refractivity contribution in [3.63, 3.8) is 0 Å². The van der Waals surface area contributed by atoms with Crippen LogP contribution < -0.4 is 0 Å². The zero-order valence-electron chi connectivity index (χ0n) is 6.40. The fourth-order valence-corrected chi connectivity index (χ4v) is 0.996. The number of rotatable bonds is 3. The molecular weight excluding hydrogens is 228 g/mol. The minimum Gasteiger partial charge on any atom is -0.301 e. The second-order valence-corrected chi connectivity index (χ2v) is 3.29. The van der Waals surface area contributed by atoms with Crippen molar-refractivity contribution in [3.05, 3.63) is 18.7 Å². The molecule has 1 aromatic rings. The predicted octanol–water partition coefficient (Wildman–Crippen LogP) is 1.25. The van der Waals surface area contributed by atoms with Crippen molar-refractivity contribution in [1.82, 2.24) is 9.55 Å². The molecule has 0 aliphatic carbocycles. The summed E-state index contributed by atoms with van der Waals surface area (Å²) in [6, 6.07) is -4.79. The van der Waals surface area contributed by atoms with Gasteiger partial charge in [-0.25, -0.2) is 9.19 Å². The summed E-state index contributed by atoms with van der Waals surface area (Å²) in [7, 11) is 0. The fourth-order valence-electron chi connectivity index (χ4n) is 0.681. The summed E-state index contributed by atoms with van der Waals surface area (Å²) in [6.07, 6.45) is 1.85. The van der Waals surface area contributed by atoms with Gasteiger partial charge in [0, 0.05) is 12.4 Å². The molecule has 1 aromatic heterocycles. The summed E-state index contributed by atoms with van der Waals surface area (Å²) in [5.41, 5.74) is 0. The zero-order valence-corrected chi connectivity index (χ0v) is 7.22. The highest BCUT2D eigenvalue weighted by Gasteiger charge is 2.63. The Bertz CT molecular complexity index is 340. The van der Waals surface area contributed by atoms with Crippen molar-refractivity contribution in [1.29, 1.82) is 0 Å². The maximum atomic E-state index is 12.8. The quantitative estimate of drug-likeness (QED) is 0.630. The van der Waals surface area contributed by atoms with E-state index in [0.717, 1.165) is 6.20 Å². The third-order valence-corrected chi connectivity index (χ3v) is 2.08. The second kappa shape index (κ2) is 3.31. The molecule has 14 heavy (non-hydrogen) atoms. The third kappa shape index (κ3) is 1.52. The van der Waals surface area contributed by atoms with Gasteiger partial charge in [0.2, 0.25) is 11.1 Å². The molecule has 4 nitrogen and oxygen atoms in total. The molecule has 1 unspecified atom stereocenters. The highest BCUT2D eigenvalue weighted by atomic mass is 32.2. The molecule has 9 heteroatoms. The van der Waals surface area contributed by atoms with E-state index in [9.17, 15) is 21.8 Å². The summed E-state index contributed by atoms with van der Waals surface area (Å²) < 4.78 is 68.6. The average Bonchev–Trinajstić information content (AvgIpc) is 2.55. The molecule has 1 atom stereocenters. The van der Waals surface area contributed by atoms with E-state index in [2.05, 4.69) is 4.98 Å². The molecule has 0 fully saturated rings. The van der Waals surface area contributed by atoms with E-state index in [4.69, 9.17) is 4.55 Å². The first-order valence-corrected chi connectivity index (χ1v) is 4.26. The molecule has 0 saturated carbocycles. The van der Waals surface area contributed by atoms with Crippen LogP contribution in [0.1, 0.15) is 0 Å². The lowest BCUT2D eigenvalue weighted by molar-refractivity contribution is -0.214. The Morgan fingerprint density at radius 1 is 1.36 bits per heavy atom. The van der Waals surface area contributed by atoms with Gasteiger partial charge < -0.3 is 4.55 Å². The van der Waals surface area contributed by atoms with Crippen LogP contribution in [0.3, 0.4) is 0 Å². The topological polar surface area (TPSA) is 55.1 Å².